The molecule has 7 heteroatoms. The highest BCUT2D eigenvalue weighted by Gasteiger charge is 2.34. The standard InChI is InChI=1S/C16H23FN2O3S/c17-15-7-5-14(6-8-15)16-13-19(11-12-22-16)23(20,21)18-9-3-1-2-4-10-18/h5-8,16H,1-4,9-13H2/t16-/m1/s1. The summed E-state index contributed by atoms with van der Waals surface area (Å²) in [7, 11) is -3.44. The van der Waals surface area contributed by atoms with Gasteiger partial charge in [0.05, 0.1) is 12.7 Å². The zero-order valence-electron chi connectivity index (χ0n) is 13.2. The predicted molar refractivity (Wildman–Crippen MR) is 85.6 cm³/mol. The van der Waals surface area contributed by atoms with E-state index in [9.17, 15) is 12.8 Å². The average molecular weight is 342 g/mol. The second-order valence-electron chi connectivity index (χ2n) is 6.09. The van der Waals surface area contributed by atoms with Gasteiger partial charge >= 0.3 is 0 Å². The normalized spacial score (nSPS) is 25.2. The molecule has 1 aromatic rings. The summed E-state index contributed by atoms with van der Waals surface area (Å²) >= 11 is 0. The fourth-order valence-electron chi connectivity index (χ4n) is 3.15. The van der Waals surface area contributed by atoms with Crippen molar-refractivity contribution >= 4 is 10.2 Å². The van der Waals surface area contributed by atoms with Crippen molar-refractivity contribution in [1.82, 2.24) is 8.61 Å². The maximum Gasteiger partial charge on any atom is 0.282 e. The Morgan fingerprint density at radius 2 is 1.61 bits per heavy atom. The molecule has 2 heterocycles. The summed E-state index contributed by atoms with van der Waals surface area (Å²) in [5, 5.41) is 0. The summed E-state index contributed by atoms with van der Waals surface area (Å²) in [6, 6.07) is 6.06. The highest BCUT2D eigenvalue weighted by atomic mass is 32.2. The van der Waals surface area contributed by atoms with Gasteiger partial charge in [-0.2, -0.15) is 17.0 Å². The largest absolute Gasteiger partial charge is 0.371 e. The topological polar surface area (TPSA) is 49.9 Å². The third-order valence-corrected chi connectivity index (χ3v) is 6.49. The summed E-state index contributed by atoms with van der Waals surface area (Å²) in [4.78, 5) is 0. The molecular formula is C16H23FN2O3S. The van der Waals surface area contributed by atoms with Crippen LogP contribution in [0.2, 0.25) is 0 Å². The molecule has 128 valence electrons. The molecule has 0 N–H and O–H groups in total. The van der Waals surface area contributed by atoms with Gasteiger partial charge < -0.3 is 4.74 Å². The van der Waals surface area contributed by atoms with Crippen molar-refractivity contribution in [3.63, 3.8) is 0 Å². The lowest BCUT2D eigenvalue weighted by molar-refractivity contribution is -0.00432. The third kappa shape index (κ3) is 3.91. The first kappa shape index (κ1) is 16.8. The maximum absolute atomic E-state index is 13.0. The molecular weight excluding hydrogens is 319 g/mol. The minimum Gasteiger partial charge on any atom is -0.371 e. The molecule has 0 aromatic heterocycles. The average Bonchev–Trinajstić information content (AvgIpc) is 2.85. The van der Waals surface area contributed by atoms with Crippen LogP contribution in [-0.2, 0) is 14.9 Å². The van der Waals surface area contributed by atoms with Gasteiger partial charge in [0.1, 0.15) is 5.82 Å². The Bertz CT molecular complexity index is 613. The van der Waals surface area contributed by atoms with Crippen LogP contribution in [0, 0.1) is 5.82 Å². The molecule has 0 saturated carbocycles. The Kier molecular flexibility index (Phi) is 5.31. The fourth-order valence-corrected chi connectivity index (χ4v) is 4.83. The first-order valence-corrected chi connectivity index (χ1v) is 9.59. The van der Waals surface area contributed by atoms with Gasteiger partial charge in [-0.05, 0) is 30.5 Å². The second-order valence-corrected chi connectivity index (χ2v) is 8.02. The van der Waals surface area contributed by atoms with Gasteiger partial charge in [-0.3, -0.25) is 0 Å². The van der Waals surface area contributed by atoms with Crippen molar-refractivity contribution < 1.29 is 17.5 Å². The van der Waals surface area contributed by atoms with Crippen LogP contribution < -0.4 is 0 Å². The highest BCUT2D eigenvalue weighted by Crippen LogP contribution is 2.26. The number of benzene rings is 1. The molecule has 0 spiro atoms. The van der Waals surface area contributed by atoms with Crippen LogP contribution >= 0.6 is 0 Å². The van der Waals surface area contributed by atoms with Gasteiger partial charge in [0.2, 0.25) is 0 Å². The van der Waals surface area contributed by atoms with Gasteiger partial charge in [-0.1, -0.05) is 25.0 Å². The molecule has 3 rings (SSSR count). The first-order chi connectivity index (χ1) is 11.1. The zero-order valence-corrected chi connectivity index (χ0v) is 14.0. The molecule has 2 aliphatic rings. The fraction of sp³-hybridized carbons (Fsp3) is 0.625. The minimum atomic E-state index is -3.44. The Morgan fingerprint density at radius 3 is 2.26 bits per heavy atom. The van der Waals surface area contributed by atoms with Crippen molar-refractivity contribution in [1.29, 1.82) is 0 Å². The van der Waals surface area contributed by atoms with Gasteiger partial charge in [-0.25, -0.2) is 4.39 Å². The van der Waals surface area contributed by atoms with E-state index in [1.165, 1.54) is 16.4 Å². The molecule has 23 heavy (non-hydrogen) atoms. The van der Waals surface area contributed by atoms with E-state index in [2.05, 4.69) is 0 Å². The molecule has 0 radical (unpaired) electrons. The maximum atomic E-state index is 13.0. The molecule has 2 saturated heterocycles. The van der Waals surface area contributed by atoms with Gasteiger partial charge in [0.25, 0.3) is 10.2 Å². The van der Waals surface area contributed by atoms with E-state index in [4.69, 9.17) is 4.74 Å². The lowest BCUT2D eigenvalue weighted by atomic mass is 10.1. The number of hydrogen-bond acceptors (Lipinski definition) is 3. The van der Waals surface area contributed by atoms with E-state index in [1.54, 1.807) is 16.4 Å². The minimum absolute atomic E-state index is 0.282. The van der Waals surface area contributed by atoms with Crippen molar-refractivity contribution in [3.05, 3.63) is 35.6 Å². The summed E-state index contributed by atoms with van der Waals surface area (Å²) in [6.45, 7) is 2.21. The van der Waals surface area contributed by atoms with Crippen LogP contribution in [-0.4, -0.2) is 49.8 Å². The number of hydrogen-bond donors (Lipinski definition) is 0. The third-order valence-electron chi connectivity index (χ3n) is 4.49. The smallest absolute Gasteiger partial charge is 0.282 e. The van der Waals surface area contributed by atoms with E-state index in [0.717, 1.165) is 31.2 Å². The highest BCUT2D eigenvalue weighted by molar-refractivity contribution is 7.86. The Labute approximate surface area is 137 Å². The van der Waals surface area contributed by atoms with E-state index < -0.39 is 10.2 Å². The van der Waals surface area contributed by atoms with E-state index in [-0.39, 0.29) is 18.5 Å². The SMILES string of the molecule is O=S(=O)(N1CCCCCC1)N1CCO[C@@H](c2ccc(F)cc2)C1. The molecule has 5 nitrogen and oxygen atoms in total. The van der Waals surface area contributed by atoms with Crippen LogP contribution in [0.3, 0.4) is 0 Å². The predicted octanol–water partition coefficient (Wildman–Crippen LogP) is 2.32. The summed E-state index contributed by atoms with van der Waals surface area (Å²) in [6.07, 6.45) is 3.68. The van der Waals surface area contributed by atoms with Crippen molar-refractivity contribution in [2.24, 2.45) is 0 Å². The Balaban J connectivity index is 1.73. The number of morpholine rings is 1. The molecule has 0 unspecified atom stereocenters. The number of nitrogens with zero attached hydrogens (tertiary/aromatic N) is 2. The lowest BCUT2D eigenvalue weighted by Gasteiger charge is -2.35. The van der Waals surface area contributed by atoms with Crippen molar-refractivity contribution in [2.75, 3.05) is 32.8 Å². The number of halogens is 1. The quantitative estimate of drug-likeness (QED) is 0.847. The van der Waals surface area contributed by atoms with Gasteiger partial charge in [0, 0.05) is 26.2 Å². The number of ether oxygens (including phenoxy) is 1. The van der Waals surface area contributed by atoms with Crippen molar-refractivity contribution in [2.45, 2.75) is 31.8 Å². The molecule has 2 fully saturated rings. The van der Waals surface area contributed by atoms with Gasteiger partial charge in [-0.15, -0.1) is 0 Å². The van der Waals surface area contributed by atoms with Crippen LogP contribution in [0.4, 0.5) is 4.39 Å². The summed E-state index contributed by atoms with van der Waals surface area (Å²) in [5.41, 5.74) is 0.808. The van der Waals surface area contributed by atoms with E-state index >= 15 is 0 Å². The lowest BCUT2D eigenvalue weighted by Crippen LogP contribution is -2.49. The van der Waals surface area contributed by atoms with Crippen LogP contribution in [0.15, 0.2) is 24.3 Å². The molecule has 0 aliphatic carbocycles. The first-order valence-electron chi connectivity index (χ1n) is 8.20. The molecule has 2 aliphatic heterocycles. The Hall–Kier alpha value is -1.02. The summed E-state index contributed by atoms with van der Waals surface area (Å²) < 4.78 is 47.6. The van der Waals surface area contributed by atoms with E-state index in [1.807, 2.05) is 0 Å². The van der Waals surface area contributed by atoms with Gasteiger partial charge in [0.15, 0.2) is 0 Å². The summed E-state index contributed by atoms with van der Waals surface area (Å²) in [5.74, 6) is -0.307. The van der Waals surface area contributed by atoms with Crippen LogP contribution in [0.1, 0.15) is 37.4 Å². The molecule has 0 amide bonds. The molecule has 1 aromatic carbocycles. The monoisotopic (exact) mass is 342 g/mol. The molecule has 1 atom stereocenters. The Morgan fingerprint density at radius 1 is 0.957 bits per heavy atom. The second kappa shape index (κ2) is 7.25. The van der Waals surface area contributed by atoms with Crippen LogP contribution in [0.5, 0.6) is 0 Å². The number of rotatable bonds is 3. The van der Waals surface area contributed by atoms with E-state index in [0.29, 0.717) is 26.2 Å². The molecule has 0 bridgehead atoms. The zero-order chi connectivity index (χ0) is 16.3. The van der Waals surface area contributed by atoms with Crippen LogP contribution in [0.25, 0.3) is 0 Å². The van der Waals surface area contributed by atoms with Crippen molar-refractivity contribution in [3.8, 4) is 0 Å².